The number of nitrogens with zero attached hydrogens (tertiary/aromatic N) is 1. The maximum absolute atomic E-state index is 11.8. The van der Waals surface area contributed by atoms with Gasteiger partial charge in [0, 0.05) is 25.3 Å². The molecule has 0 saturated heterocycles. The molecule has 1 atom stereocenters. The molecule has 0 spiro atoms. The summed E-state index contributed by atoms with van der Waals surface area (Å²) in [6, 6.07) is 8.36. The van der Waals surface area contributed by atoms with Crippen molar-refractivity contribution in [3.63, 3.8) is 0 Å². The van der Waals surface area contributed by atoms with Crippen molar-refractivity contribution in [1.29, 1.82) is 0 Å². The molecule has 1 N–H and O–H groups in total. The van der Waals surface area contributed by atoms with Gasteiger partial charge in [-0.05, 0) is 38.0 Å². The molecule has 0 heterocycles. The van der Waals surface area contributed by atoms with Gasteiger partial charge < -0.3 is 10.2 Å². The number of amides is 1. The summed E-state index contributed by atoms with van der Waals surface area (Å²) in [5, 5.41) is 2.90. The smallest absolute Gasteiger partial charge is 0.226 e. The van der Waals surface area contributed by atoms with Crippen LogP contribution in [0.2, 0.25) is 0 Å². The van der Waals surface area contributed by atoms with E-state index in [-0.39, 0.29) is 11.8 Å². The van der Waals surface area contributed by atoms with Gasteiger partial charge in [-0.25, -0.2) is 0 Å². The van der Waals surface area contributed by atoms with Crippen molar-refractivity contribution >= 4 is 34.8 Å². The fourth-order valence-corrected chi connectivity index (χ4v) is 2.74. The highest BCUT2D eigenvalue weighted by Crippen LogP contribution is 2.53. The van der Waals surface area contributed by atoms with Crippen LogP contribution in [0, 0.1) is 12.8 Å². The lowest BCUT2D eigenvalue weighted by Crippen LogP contribution is -2.36. The van der Waals surface area contributed by atoms with E-state index in [0.717, 1.165) is 13.1 Å². The monoisotopic (exact) mass is 314 g/mol. The first kappa shape index (κ1) is 15.5. The molecule has 1 aliphatic rings. The summed E-state index contributed by atoms with van der Waals surface area (Å²) in [6.45, 7) is 6.45. The number of hydrogen-bond acceptors (Lipinski definition) is 2. The molecule has 1 amide bonds. The first-order valence-electron chi connectivity index (χ1n) is 6.91. The van der Waals surface area contributed by atoms with E-state index >= 15 is 0 Å². The average molecular weight is 315 g/mol. The van der Waals surface area contributed by atoms with Crippen molar-refractivity contribution in [2.75, 3.05) is 24.5 Å². The van der Waals surface area contributed by atoms with Gasteiger partial charge in [0.2, 0.25) is 5.91 Å². The fraction of sp³-hybridized carbons (Fsp3) is 0.533. The number of hydrogen-bond donors (Lipinski definition) is 1. The minimum Gasteiger partial charge on any atom is -0.370 e. The van der Waals surface area contributed by atoms with Crippen LogP contribution < -0.4 is 10.2 Å². The lowest BCUT2D eigenvalue weighted by molar-refractivity contribution is -0.122. The summed E-state index contributed by atoms with van der Waals surface area (Å²) in [4.78, 5) is 14.0. The van der Waals surface area contributed by atoms with E-state index in [0.29, 0.717) is 13.0 Å². The molecule has 5 heteroatoms. The van der Waals surface area contributed by atoms with Crippen LogP contribution in [-0.2, 0) is 4.79 Å². The Morgan fingerprint density at radius 2 is 2.20 bits per heavy atom. The molecular formula is C15H20Cl2N2O. The third kappa shape index (κ3) is 3.80. The van der Waals surface area contributed by atoms with E-state index < -0.39 is 4.33 Å². The Bertz CT molecular complexity index is 491. The quantitative estimate of drug-likeness (QED) is 0.818. The third-order valence-electron chi connectivity index (χ3n) is 3.57. The first-order valence-corrected chi connectivity index (χ1v) is 7.67. The highest BCUT2D eigenvalue weighted by atomic mass is 35.5. The van der Waals surface area contributed by atoms with E-state index in [1.165, 1.54) is 11.3 Å². The van der Waals surface area contributed by atoms with Crippen LogP contribution in [0.4, 0.5) is 5.69 Å². The maximum Gasteiger partial charge on any atom is 0.226 e. The summed E-state index contributed by atoms with van der Waals surface area (Å²) in [7, 11) is 0. The van der Waals surface area contributed by atoms with Crippen LogP contribution in [-0.4, -0.2) is 29.9 Å². The zero-order chi connectivity index (χ0) is 14.8. The molecule has 2 rings (SSSR count). The lowest BCUT2D eigenvalue weighted by Gasteiger charge is -2.23. The summed E-state index contributed by atoms with van der Waals surface area (Å²) >= 11 is 11.8. The maximum atomic E-state index is 11.8. The first-order chi connectivity index (χ1) is 9.44. The Hall–Kier alpha value is -0.930. The van der Waals surface area contributed by atoms with Crippen LogP contribution in [0.15, 0.2) is 24.3 Å². The average Bonchev–Trinajstić information content (AvgIpc) is 3.04. The second-order valence-electron chi connectivity index (χ2n) is 5.23. The molecule has 1 aromatic rings. The Morgan fingerprint density at radius 1 is 1.50 bits per heavy atom. The molecule has 1 aromatic carbocycles. The van der Waals surface area contributed by atoms with Gasteiger partial charge in [0.1, 0.15) is 4.33 Å². The van der Waals surface area contributed by atoms with Crippen LogP contribution in [0.5, 0.6) is 0 Å². The number of benzene rings is 1. The number of carbonyl (C=O) groups is 1. The fourth-order valence-electron chi connectivity index (χ4n) is 2.23. The largest absolute Gasteiger partial charge is 0.370 e. The summed E-state index contributed by atoms with van der Waals surface area (Å²) in [5.74, 6) is -0.296. The van der Waals surface area contributed by atoms with Gasteiger partial charge >= 0.3 is 0 Å². The molecule has 1 fully saturated rings. The predicted molar refractivity (Wildman–Crippen MR) is 84.6 cm³/mol. The molecule has 0 radical (unpaired) electrons. The van der Waals surface area contributed by atoms with Gasteiger partial charge in [0.15, 0.2) is 0 Å². The van der Waals surface area contributed by atoms with Crippen LogP contribution in [0.25, 0.3) is 0 Å². The van der Waals surface area contributed by atoms with Crippen molar-refractivity contribution in [1.82, 2.24) is 5.32 Å². The molecule has 1 aliphatic carbocycles. The number of rotatable bonds is 6. The molecule has 1 saturated carbocycles. The van der Waals surface area contributed by atoms with E-state index in [1.807, 2.05) is 6.07 Å². The minimum absolute atomic E-state index is 0.0460. The van der Waals surface area contributed by atoms with Crippen LogP contribution in [0.3, 0.4) is 0 Å². The second kappa shape index (κ2) is 6.23. The highest BCUT2D eigenvalue weighted by Gasteiger charge is 2.56. The molecule has 0 aromatic heterocycles. The number of likely N-dealkylation sites (N-methyl/N-ethyl adjacent to an activating group) is 1. The topological polar surface area (TPSA) is 32.3 Å². The Labute approximate surface area is 130 Å². The Kier molecular flexibility index (Phi) is 4.82. The van der Waals surface area contributed by atoms with Gasteiger partial charge in [-0.2, -0.15) is 0 Å². The van der Waals surface area contributed by atoms with E-state index in [1.54, 1.807) is 0 Å². The summed E-state index contributed by atoms with van der Waals surface area (Å²) in [6.07, 6.45) is 0.553. The SMILES string of the molecule is CCN(CCNC(=O)C1CC1(Cl)Cl)c1cccc(C)c1. The molecule has 20 heavy (non-hydrogen) atoms. The summed E-state index contributed by atoms with van der Waals surface area (Å²) < 4.78 is -0.842. The molecule has 0 bridgehead atoms. The number of aryl methyl sites for hydroxylation is 1. The normalized spacial score (nSPS) is 19.5. The second-order valence-corrected chi connectivity index (χ2v) is 6.77. The van der Waals surface area contributed by atoms with Gasteiger partial charge in [0.05, 0.1) is 5.92 Å². The standard InChI is InChI=1S/C15H20Cl2N2O/c1-3-19(12-6-4-5-11(2)9-12)8-7-18-14(20)13-10-15(13,16)17/h4-6,9,13H,3,7-8,10H2,1-2H3,(H,18,20). The van der Waals surface area contributed by atoms with Crippen molar-refractivity contribution in [2.45, 2.75) is 24.6 Å². The van der Waals surface area contributed by atoms with Gasteiger partial charge in [-0.3, -0.25) is 4.79 Å². The number of nitrogens with one attached hydrogen (secondary N) is 1. The Morgan fingerprint density at radius 3 is 2.75 bits per heavy atom. The number of alkyl halides is 2. The van der Waals surface area contributed by atoms with Gasteiger partial charge in [0.25, 0.3) is 0 Å². The third-order valence-corrected chi connectivity index (χ3v) is 4.41. The summed E-state index contributed by atoms with van der Waals surface area (Å²) in [5.41, 5.74) is 2.41. The molecule has 0 aliphatic heterocycles. The van der Waals surface area contributed by atoms with Gasteiger partial charge in [-0.15, -0.1) is 23.2 Å². The van der Waals surface area contributed by atoms with Crippen molar-refractivity contribution in [2.24, 2.45) is 5.92 Å². The van der Waals surface area contributed by atoms with Crippen LogP contribution in [0.1, 0.15) is 18.9 Å². The highest BCUT2D eigenvalue weighted by molar-refractivity contribution is 6.52. The van der Waals surface area contributed by atoms with E-state index in [2.05, 4.69) is 42.3 Å². The molecule has 1 unspecified atom stereocenters. The zero-order valence-corrected chi connectivity index (χ0v) is 13.3. The van der Waals surface area contributed by atoms with E-state index in [4.69, 9.17) is 23.2 Å². The van der Waals surface area contributed by atoms with Crippen molar-refractivity contribution < 1.29 is 4.79 Å². The number of carbonyl (C=O) groups excluding carboxylic acids is 1. The molecule has 110 valence electrons. The minimum atomic E-state index is -0.842. The van der Waals surface area contributed by atoms with Crippen LogP contribution >= 0.6 is 23.2 Å². The Balaban J connectivity index is 1.81. The van der Waals surface area contributed by atoms with E-state index in [9.17, 15) is 4.79 Å². The molecule has 3 nitrogen and oxygen atoms in total. The molecular weight excluding hydrogens is 295 g/mol. The number of anilines is 1. The lowest BCUT2D eigenvalue weighted by atomic mass is 10.2. The van der Waals surface area contributed by atoms with Crippen molar-refractivity contribution in [3.05, 3.63) is 29.8 Å². The predicted octanol–water partition coefficient (Wildman–Crippen LogP) is 3.13. The zero-order valence-electron chi connectivity index (χ0n) is 11.8. The van der Waals surface area contributed by atoms with Gasteiger partial charge in [-0.1, -0.05) is 12.1 Å². The van der Waals surface area contributed by atoms with Crippen molar-refractivity contribution in [3.8, 4) is 0 Å². The number of halogens is 2.